The fraction of sp³-hybridized carbons (Fsp3) is 0.818. The molecular formula is C11H20O. The van der Waals surface area contributed by atoms with Gasteiger partial charge in [0.25, 0.3) is 0 Å². The normalized spacial score (nSPS) is 30.9. The van der Waals surface area contributed by atoms with Gasteiger partial charge in [-0.2, -0.15) is 0 Å². The van der Waals surface area contributed by atoms with Crippen LogP contribution in [0, 0.1) is 5.92 Å². The van der Waals surface area contributed by atoms with Gasteiger partial charge < -0.3 is 5.11 Å². The van der Waals surface area contributed by atoms with Crippen LogP contribution in [-0.4, -0.2) is 11.2 Å². The number of aliphatic hydroxyl groups excluding tert-OH is 1. The van der Waals surface area contributed by atoms with Gasteiger partial charge in [-0.15, -0.1) is 0 Å². The van der Waals surface area contributed by atoms with Crippen LogP contribution in [0.1, 0.15) is 46.0 Å². The molecule has 70 valence electrons. The first-order chi connectivity index (χ1) is 5.70. The second-order valence-corrected chi connectivity index (χ2v) is 4.11. The first kappa shape index (κ1) is 9.79. The van der Waals surface area contributed by atoms with Crippen LogP contribution in [0.25, 0.3) is 0 Å². The largest absolute Gasteiger partial charge is 0.393 e. The maximum absolute atomic E-state index is 9.75. The van der Waals surface area contributed by atoms with Crippen molar-refractivity contribution in [3.8, 4) is 0 Å². The van der Waals surface area contributed by atoms with Crippen LogP contribution < -0.4 is 0 Å². The Balaban J connectivity index is 2.53. The summed E-state index contributed by atoms with van der Waals surface area (Å²) in [6.45, 7) is 4.22. The third-order valence-electron chi connectivity index (χ3n) is 2.58. The van der Waals surface area contributed by atoms with Gasteiger partial charge in [0.15, 0.2) is 0 Å². The topological polar surface area (TPSA) is 20.2 Å². The van der Waals surface area contributed by atoms with E-state index in [0.717, 1.165) is 6.42 Å². The minimum absolute atomic E-state index is 0.0811. The van der Waals surface area contributed by atoms with Crippen LogP contribution in [0.4, 0.5) is 0 Å². The van der Waals surface area contributed by atoms with Gasteiger partial charge in [0.05, 0.1) is 6.10 Å². The quantitative estimate of drug-likeness (QED) is 0.471. The summed E-state index contributed by atoms with van der Waals surface area (Å²) in [5.74, 6) is 0.428. The highest BCUT2D eigenvalue weighted by molar-refractivity contribution is 5.00. The predicted molar refractivity (Wildman–Crippen MR) is 52.0 cm³/mol. The molecule has 1 saturated carbocycles. The fourth-order valence-electron chi connectivity index (χ4n) is 1.94. The minimum atomic E-state index is -0.0811. The van der Waals surface area contributed by atoms with Crippen LogP contribution in [-0.2, 0) is 0 Å². The highest BCUT2D eigenvalue weighted by atomic mass is 16.3. The SMILES string of the molecule is CC(C)=CC1CCCCCC1O. The number of allylic oxidation sites excluding steroid dienone is 1. The molecule has 0 spiro atoms. The van der Waals surface area contributed by atoms with Crippen molar-refractivity contribution in [2.75, 3.05) is 0 Å². The van der Waals surface area contributed by atoms with Crippen molar-refractivity contribution >= 4 is 0 Å². The summed E-state index contributed by atoms with van der Waals surface area (Å²) in [5, 5.41) is 9.75. The molecule has 0 saturated heterocycles. The molecule has 12 heavy (non-hydrogen) atoms. The van der Waals surface area contributed by atoms with Crippen molar-refractivity contribution in [2.24, 2.45) is 5.92 Å². The van der Waals surface area contributed by atoms with Crippen molar-refractivity contribution < 1.29 is 5.11 Å². The van der Waals surface area contributed by atoms with Crippen LogP contribution in [0.2, 0.25) is 0 Å². The summed E-state index contributed by atoms with van der Waals surface area (Å²) in [5.41, 5.74) is 1.33. The summed E-state index contributed by atoms with van der Waals surface area (Å²) in [6.07, 6.45) is 8.10. The number of hydrogen-bond donors (Lipinski definition) is 1. The highest BCUT2D eigenvalue weighted by Gasteiger charge is 2.18. The molecule has 1 rings (SSSR count). The van der Waals surface area contributed by atoms with E-state index >= 15 is 0 Å². The summed E-state index contributed by atoms with van der Waals surface area (Å²) >= 11 is 0. The molecule has 2 atom stereocenters. The lowest BCUT2D eigenvalue weighted by molar-refractivity contribution is 0.122. The van der Waals surface area contributed by atoms with E-state index in [1.165, 1.54) is 31.3 Å². The van der Waals surface area contributed by atoms with Gasteiger partial charge in [0, 0.05) is 5.92 Å². The Morgan fingerprint density at radius 2 is 1.83 bits per heavy atom. The van der Waals surface area contributed by atoms with Gasteiger partial charge in [0.2, 0.25) is 0 Å². The van der Waals surface area contributed by atoms with Crippen molar-refractivity contribution in [3.05, 3.63) is 11.6 Å². The predicted octanol–water partition coefficient (Wildman–Crippen LogP) is 2.89. The van der Waals surface area contributed by atoms with Crippen molar-refractivity contribution in [1.82, 2.24) is 0 Å². The second kappa shape index (κ2) is 4.66. The Hall–Kier alpha value is -0.300. The van der Waals surface area contributed by atoms with E-state index in [0.29, 0.717) is 5.92 Å². The molecular weight excluding hydrogens is 148 g/mol. The third kappa shape index (κ3) is 2.98. The smallest absolute Gasteiger partial charge is 0.0602 e. The van der Waals surface area contributed by atoms with E-state index in [1.807, 2.05) is 0 Å². The Bertz CT molecular complexity index is 156. The van der Waals surface area contributed by atoms with E-state index in [2.05, 4.69) is 19.9 Å². The minimum Gasteiger partial charge on any atom is -0.393 e. The van der Waals surface area contributed by atoms with Gasteiger partial charge in [0.1, 0.15) is 0 Å². The molecule has 0 aromatic heterocycles. The van der Waals surface area contributed by atoms with Crippen molar-refractivity contribution in [2.45, 2.75) is 52.1 Å². The Labute approximate surface area is 75.5 Å². The molecule has 0 aliphatic heterocycles. The monoisotopic (exact) mass is 168 g/mol. The van der Waals surface area contributed by atoms with Crippen LogP contribution in [0.3, 0.4) is 0 Å². The first-order valence-electron chi connectivity index (χ1n) is 5.03. The zero-order chi connectivity index (χ0) is 8.97. The van der Waals surface area contributed by atoms with Crippen LogP contribution >= 0.6 is 0 Å². The number of hydrogen-bond acceptors (Lipinski definition) is 1. The lowest BCUT2D eigenvalue weighted by Gasteiger charge is -2.16. The summed E-state index contributed by atoms with van der Waals surface area (Å²) in [4.78, 5) is 0. The summed E-state index contributed by atoms with van der Waals surface area (Å²) in [7, 11) is 0. The molecule has 2 unspecified atom stereocenters. The Morgan fingerprint density at radius 1 is 1.17 bits per heavy atom. The molecule has 1 N–H and O–H groups in total. The molecule has 0 radical (unpaired) electrons. The molecule has 1 nitrogen and oxygen atoms in total. The second-order valence-electron chi connectivity index (χ2n) is 4.11. The fourth-order valence-corrected chi connectivity index (χ4v) is 1.94. The molecule has 0 amide bonds. The van der Waals surface area contributed by atoms with Gasteiger partial charge >= 0.3 is 0 Å². The standard InChI is InChI=1S/C11H20O/c1-9(2)8-10-6-4-3-5-7-11(10)12/h8,10-12H,3-7H2,1-2H3. The zero-order valence-corrected chi connectivity index (χ0v) is 8.21. The lowest BCUT2D eigenvalue weighted by Crippen LogP contribution is -2.16. The molecule has 0 aromatic carbocycles. The molecule has 0 aromatic rings. The molecule has 1 heteroatoms. The average molecular weight is 168 g/mol. The van der Waals surface area contributed by atoms with E-state index in [1.54, 1.807) is 0 Å². The molecule has 1 aliphatic rings. The average Bonchev–Trinajstić information content (AvgIpc) is 2.16. The van der Waals surface area contributed by atoms with E-state index < -0.39 is 0 Å². The van der Waals surface area contributed by atoms with E-state index in [-0.39, 0.29) is 6.10 Å². The summed E-state index contributed by atoms with van der Waals surface area (Å²) < 4.78 is 0. The lowest BCUT2D eigenvalue weighted by atomic mass is 9.95. The molecule has 0 heterocycles. The van der Waals surface area contributed by atoms with Crippen molar-refractivity contribution in [1.29, 1.82) is 0 Å². The van der Waals surface area contributed by atoms with Gasteiger partial charge in [-0.25, -0.2) is 0 Å². The molecule has 1 fully saturated rings. The number of aliphatic hydroxyl groups is 1. The van der Waals surface area contributed by atoms with E-state index in [4.69, 9.17) is 0 Å². The zero-order valence-electron chi connectivity index (χ0n) is 8.21. The molecule has 0 bridgehead atoms. The van der Waals surface area contributed by atoms with E-state index in [9.17, 15) is 5.11 Å². The van der Waals surface area contributed by atoms with Gasteiger partial charge in [-0.1, -0.05) is 30.9 Å². The molecule has 1 aliphatic carbocycles. The van der Waals surface area contributed by atoms with Gasteiger partial charge in [-0.3, -0.25) is 0 Å². The Kier molecular flexibility index (Phi) is 3.80. The summed E-state index contributed by atoms with van der Waals surface area (Å²) in [6, 6.07) is 0. The highest BCUT2D eigenvalue weighted by Crippen LogP contribution is 2.25. The van der Waals surface area contributed by atoms with Gasteiger partial charge in [-0.05, 0) is 26.7 Å². The third-order valence-corrected chi connectivity index (χ3v) is 2.58. The van der Waals surface area contributed by atoms with Crippen LogP contribution in [0.5, 0.6) is 0 Å². The maximum atomic E-state index is 9.75. The Morgan fingerprint density at radius 3 is 2.50 bits per heavy atom. The first-order valence-corrected chi connectivity index (χ1v) is 5.03. The van der Waals surface area contributed by atoms with Crippen molar-refractivity contribution in [3.63, 3.8) is 0 Å². The van der Waals surface area contributed by atoms with Crippen LogP contribution in [0.15, 0.2) is 11.6 Å². The number of rotatable bonds is 1. The maximum Gasteiger partial charge on any atom is 0.0602 e.